The normalized spacial score (nSPS) is 21.7. The average molecular weight is 587 g/mol. The van der Waals surface area contributed by atoms with Crippen molar-refractivity contribution in [3.63, 3.8) is 0 Å². The molecule has 226 valence electrons. The summed E-state index contributed by atoms with van der Waals surface area (Å²) in [6.07, 6.45) is 4.20. The fourth-order valence-corrected chi connectivity index (χ4v) is 6.56. The minimum Gasteiger partial charge on any atom is -0.507 e. The molecule has 11 heteroatoms. The molecule has 0 radical (unpaired) electrons. The molecule has 4 amide bonds. The van der Waals surface area contributed by atoms with Crippen LogP contribution in [0.3, 0.4) is 0 Å². The predicted molar refractivity (Wildman–Crippen MR) is 162 cm³/mol. The SMILES string of the molecule is CC(C)=C(O)c1ccc(N2CCC(CN3CCN(c4ccc5c(c4)C(=O)N(C4CCC(=O)NC4=O)C5=O)CC3)CC2)nc1. The summed E-state index contributed by atoms with van der Waals surface area (Å²) in [5, 5.41) is 12.4. The van der Waals surface area contributed by atoms with Crippen molar-refractivity contribution >= 4 is 40.9 Å². The Morgan fingerprint density at radius 2 is 1.60 bits per heavy atom. The highest BCUT2D eigenvalue weighted by Crippen LogP contribution is 2.31. The lowest BCUT2D eigenvalue weighted by atomic mass is 9.95. The summed E-state index contributed by atoms with van der Waals surface area (Å²) in [6, 6.07) is 8.30. The summed E-state index contributed by atoms with van der Waals surface area (Å²) >= 11 is 0. The van der Waals surface area contributed by atoms with Crippen molar-refractivity contribution in [3.8, 4) is 0 Å². The monoisotopic (exact) mass is 586 g/mol. The van der Waals surface area contributed by atoms with E-state index in [4.69, 9.17) is 0 Å². The second kappa shape index (κ2) is 11.8. The number of nitrogens with zero attached hydrogens (tertiary/aromatic N) is 5. The van der Waals surface area contributed by atoms with Crippen LogP contribution in [0.2, 0.25) is 0 Å². The minimum absolute atomic E-state index is 0.104. The molecule has 0 spiro atoms. The van der Waals surface area contributed by atoms with Crippen molar-refractivity contribution in [2.75, 3.05) is 55.6 Å². The van der Waals surface area contributed by atoms with Gasteiger partial charge in [-0.05, 0) is 74.9 Å². The maximum atomic E-state index is 13.2. The lowest BCUT2D eigenvalue weighted by Crippen LogP contribution is -2.54. The topological polar surface area (TPSA) is 126 Å². The van der Waals surface area contributed by atoms with E-state index in [-0.39, 0.29) is 24.5 Å². The first-order valence-corrected chi connectivity index (χ1v) is 15.1. The molecule has 0 aliphatic carbocycles. The van der Waals surface area contributed by atoms with E-state index in [1.54, 1.807) is 18.3 Å². The van der Waals surface area contributed by atoms with Gasteiger partial charge in [0.1, 0.15) is 17.6 Å². The van der Waals surface area contributed by atoms with Crippen molar-refractivity contribution in [2.45, 2.75) is 45.6 Å². The Kier molecular flexibility index (Phi) is 7.91. The van der Waals surface area contributed by atoms with E-state index < -0.39 is 23.8 Å². The molecule has 11 nitrogen and oxygen atoms in total. The molecule has 4 aliphatic heterocycles. The second-order valence-electron chi connectivity index (χ2n) is 12.1. The highest BCUT2D eigenvalue weighted by atomic mass is 16.3. The number of piperazine rings is 1. The Morgan fingerprint density at radius 3 is 2.26 bits per heavy atom. The average Bonchev–Trinajstić information content (AvgIpc) is 3.26. The summed E-state index contributed by atoms with van der Waals surface area (Å²) in [6.45, 7) is 10.2. The fraction of sp³-hybridized carbons (Fsp3) is 0.469. The van der Waals surface area contributed by atoms with Crippen molar-refractivity contribution in [1.29, 1.82) is 0 Å². The van der Waals surface area contributed by atoms with E-state index in [2.05, 4.69) is 25.0 Å². The van der Waals surface area contributed by atoms with Crippen LogP contribution >= 0.6 is 0 Å². The maximum absolute atomic E-state index is 13.2. The van der Waals surface area contributed by atoms with Gasteiger partial charge in [0, 0.05) is 69.7 Å². The van der Waals surface area contributed by atoms with Gasteiger partial charge >= 0.3 is 0 Å². The number of carbonyl (C=O) groups excluding carboxylic acids is 4. The predicted octanol–water partition coefficient (Wildman–Crippen LogP) is 2.83. The summed E-state index contributed by atoms with van der Waals surface area (Å²) in [4.78, 5) is 62.8. The molecule has 5 heterocycles. The summed E-state index contributed by atoms with van der Waals surface area (Å²) < 4.78 is 0. The van der Waals surface area contributed by atoms with Crippen molar-refractivity contribution in [2.24, 2.45) is 5.92 Å². The molecule has 6 rings (SSSR count). The number of nitrogens with one attached hydrogen (secondary N) is 1. The quantitative estimate of drug-likeness (QED) is 0.388. The first kappa shape index (κ1) is 28.9. The number of anilines is 2. The van der Waals surface area contributed by atoms with Gasteiger partial charge in [0.05, 0.1) is 11.1 Å². The van der Waals surface area contributed by atoms with Crippen LogP contribution in [0.25, 0.3) is 5.76 Å². The molecular formula is C32H38N6O5. The number of benzene rings is 1. The third-order valence-electron chi connectivity index (χ3n) is 9.11. The summed E-state index contributed by atoms with van der Waals surface area (Å²) in [5.41, 5.74) is 3.13. The Hall–Kier alpha value is -4.25. The molecule has 1 unspecified atom stereocenters. The smallest absolute Gasteiger partial charge is 0.262 e. The molecule has 2 N–H and O–H groups in total. The Labute approximate surface area is 251 Å². The highest BCUT2D eigenvalue weighted by molar-refractivity contribution is 6.23. The Morgan fingerprint density at radius 1 is 0.884 bits per heavy atom. The number of hydrogen-bond acceptors (Lipinski definition) is 9. The number of piperidine rings is 2. The maximum Gasteiger partial charge on any atom is 0.262 e. The molecule has 1 aromatic carbocycles. The number of allylic oxidation sites excluding steroid dienone is 1. The zero-order valence-corrected chi connectivity index (χ0v) is 24.7. The molecule has 0 saturated carbocycles. The van der Waals surface area contributed by atoms with E-state index in [0.29, 0.717) is 17.0 Å². The molecule has 3 fully saturated rings. The van der Waals surface area contributed by atoms with Crippen LogP contribution in [0.1, 0.15) is 65.8 Å². The lowest BCUT2D eigenvalue weighted by Gasteiger charge is -2.40. The molecule has 4 aliphatic rings. The van der Waals surface area contributed by atoms with Gasteiger partial charge in [0.2, 0.25) is 11.8 Å². The number of aliphatic hydroxyl groups excluding tert-OH is 1. The van der Waals surface area contributed by atoms with Crippen molar-refractivity contribution < 1.29 is 24.3 Å². The highest BCUT2D eigenvalue weighted by Gasteiger charge is 2.44. The van der Waals surface area contributed by atoms with Gasteiger partial charge in [-0.15, -0.1) is 0 Å². The first-order valence-electron chi connectivity index (χ1n) is 15.1. The zero-order valence-electron chi connectivity index (χ0n) is 24.7. The second-order valence-corrected chi connectivity index (χ2v) is 12.1. The van der Waals surface area contributed by atoms with E-state index in [1.165, 1.54) is 0 Å². The number of hydrogen-bond donors (Lipinski definition) is 2. The Bertz CT molecular complexity index is 1470. The summed E-state index contributed by atoms with van der Waals surface area (Å²) in [5.74, 6) is -0.0730. The number of pyridine rings is 1. The van der Waals surface area contributed by atoms with Gasteiger partial charge in [-0.3, -0.25) is 34.3 Å². The number of aliphatic hydroxyl groups is 1. The Balaban J connectivity index is 1.000. The van der Waals surface area contributed by atoms with Crippen LogP contribution in [0.15, 0.2) is 42.1 Å². The standard InChI is InChI=1S/C32H38N6O5/c1-20(2)29(40)22-3-7-27(33-18-22)37-11-9-21(10-12-37)19-35-13-15-36(16-14-35)23-4-5-24-25(17-23)32(43)38(31(24)42)26-6-8-28(39)34-30(26)41/h3-5,7,17-18,21,26,40H,6,8-16,19H2,1-2H3,(H,34,39,41). The molecule has 3 saturated heterocycles. The molecule has 43 heavy (non-hydrogen) atoms. The fourth-order valence-electron chi connectivity index (χ4n) is 6.56. The van der Waals surface area contributed by atoms with Gasteiger partial charge in [0.15, 0.2) is 0 Å². The van der Waals surface area contributed by atoms with E-state index >= 15 is 0 Å². The molecular weight excluding hydrogens is 548 g/mol. The van der Waals surface area contributed by atoms with Gasteiger partial charge < -0.3 is 14.9 Å². The number of amides is 4. The zero-order chi connectivity index (χ0) is 30.2. The van der Waals surface area contributed by atoms with Gasteiger partial charge in [-0.2, -0.15) is 0 Å². The van der Waals surface area contributed by atoms with Crippen LogP contribution < -0.4 is 15.1 Å². The lowest BCUT2D eigenvalue weighted by molar-refractivity contribution is -0.136. The number of aromatic nitrogens is 1. The van der Waals surface area contributed by atoms with E-state index in [0.717, 1.165) is 86.2 Å². The van der Waals surface area contributed by atoms with Gasteiger partial charge in [-0.1, -0.05) is 0 Å². The summed E-state index contributed by atoms with van der Waals surface area (Å²) in [7, 11) is 0. The molecule has 2 aromatic rings. The molecule has 0 bridgehead atoms. The van der Waals surface area contributed by atoms with Crippen molar-refractivity contribution in [3.05, 3.63) is 58.8 Å². The van der Waals surface area contributed by atoms with Gasteiger partial charge in [-0.25, -0.2) is 4.98 Å². The number of imide groups is 2. The van der Waals surface area contributed by atoms with Gasteiger partial charge in [0.25, 0.3) is 11.8 Å². The minimum atomic E-state index is -0.956. The van der Waals surface area contributed by atoms with Crippen LogP contribution in [-0.4, -0.2) is 95.4 Å². The van der Waals surface area contributed by atoms with E-state index in [9.17, 15) is 24.3 Å². The van der Waals surface area contributed by atoms with Crippen LogP contribution in [0, 0.1) is 5.92 Å². The van der Waals surface area contributed by atoms with E-state index in [1.807, 2.05) is 32.0 Å². The van der Waals surface area contributed by atoms with Crippen LogP contribution in [0.4, 0.5) is 11.5 Å². The third-order valence-corrected chi connectivity index (χ3v) is 9.11. The third kappa shape index (κ3) is 5.73. The largest absolute Gasteiger partial charge is 0.507 e. The number of rotatable bonds is 6. The first-order chi connectivity index (χ1) is 20.7. The molecule has 1 atom stereocenters. The van der Waals surface area contributed by atoms with Crippen LogP contribution in [0.5, 0.6) is 0 Å². The molecule has 1 aromatic heterocycles. The number of carbonyl (C=O) groups is 4. The number of fused-ring (bicyclic) bond motifs is 1. The van der Waals surface area contributed by atoms with Crippen molar-refractivity contribution in [1.82, 2.24) is 20.1 Å². The van der Waals surface area contributed by atoms with Crippen LogP contribution in [-0.2, 0) is 9.59 Å².